The number of hydrogen-bond acceptors (Lipinski definition) is 3. The van der Waals surface area contributed by atoms with Crippen LogP contribution in [0.3, 0.4) is 0 Å². The van der Waals surface area contributed by atoms with Gasteiger partial charge in [-0.2, -0.15) is 4.31 Å². The summed E-state index contributed by atoms with van der Waals surface area (Å²) in [4.78, 5) is 12.0. The van der Waals surface area contributed by atoms with Crippen LogP contribution in [-0.4, -0.2) is 38.3 Å². The molecule has 140 valence electrons. The molecule has 1 amide bonds. The Hall–Kier alpha value is -1.66. The summed E-state index contributed by atoms with van der Waals surface area (Å²) in [7, 11) is -3.44. The maximum absolute atomic E-state index is 12.4. The van der Waals surface area contributed by atoms with Gasteiger partial charge in [0.05, 0.1) is 4.90 Å². The molecule has 0 aliphatic rings. The molecule has 0 radical (unpaired) electrons. The predicted octanol–water partition coefficient (Wildman–Crippen LogP) is 3.43. The molecule has 0 aromatic heterocycles. The van der Waals surface area contributed by atoms with Crippen LogP contribution >= 0.6 is 0 Å². The quantitative estimate of drug-likeness (QED) is 0.482. The second kappa shape index (κ2) is 11.1. The van der Waals surface area contributed by atoms with Crippen LogP contribution in [0.2, 0.25) is 0 Å². The second-order valence-electron chi connectivity index (χ2n) is 5.84. The summed E-state index contributed by atoms with van der Waals surface area (Å²) in [5.41, 5.74) is 0.791. The Bertz CT molecular complexity index is 648. The Balaban J connectivity index is 2.60. The molecule has 5 nitrogen and oxygen atoms in total. The smallest absolute Gasteiger partial charge is 0.243 e. The van der Waals surface area contributed by atoms with Crippen LogP contribution in [0, 0.1) is 0 Å². The van der Waals surface area contributed by atoms with Gasteiger partial charge in [0.15, 0.2) is 0 Å². The van der Waals surface area contributed by atoms with Crippen molar-refractivity contribution in [3.8, 4) is 0 Å². The van der Waals surface area contributed by atoms with E-state index in [1.807, 2.05) is 13.8 Å². The van der Waals surface area contributed by atoms with E-state index in [-0.39, 0.29) is 10.8 Å². The van der Waals surface area contributed by atoms with Crippen LogP contribution in [0.5, 0.6) is 0 Å². The normalized spacial score (nSPS) is 12.0. The molecule has 0 aliphatic carbocycles. The van der Waals surface area contributed by atoms with Crippen molar-refractivity contribution in [1.82, 2.24) is 9.62 Å². The first-order chi connectivity index (χ1) is 12.0. The molecular weight excluding hydrogens is 336 g/mol. The lowest BCUT2D eigenvalue weighted by atomic mass is 10.2. The third kappa shape index (κ3) is 7.00. The second-order valence-corrected chi connectivity index (χ2v) is 7.78. The highest BCUT2D eigenvalue weighted by Gasteiger charge is 2.20. The Labute approximate surface area is 152 Å². The molecule has 0 spiro atoms. The number of nitrogens with one attached hydrogen (secondary N) is 1. The number of unbranched alkanes of at least 4 members (excludes halogenated alkanes) is 3. The van der Waals surface area contributed by atoms with Gasteiger partial charge in [-0.15, -0.1) is 0 Å². The average Bonchev–Trinajstić information content (AvgIpc) is 2.61. The lowest BCUT2D eigenvalue weighted by molar-refractivity contribution is -0.116. The minimum atomic E-state index is -3.44. The van der Waals surface area contributed by atoms with Crippen LogP contribution in [0.25, 0.3) is 6.08 Å². The zero-order valence-corrected chi connectivity index (χ0v) is 16.3. The molecule has 0 bridgehead atoms. The predicted molar refractivity (Wildman–Crippen MR) is 103 cm³/mol. The molecule has 25 heavy (non-hydrogen) atoms. The summed E-state index contributed by atoms with van der Waals surface area (Å²) in [5, 5.41) is 2.85. The lowest BCUT2D eigenvalue weighted by Gasteiger charge is -2.18. The van der Waals surface area contributed by atoms with Gasteiger partial charge in [0.1, 0.15) is 0 Å². The lowest BCUT2D eigenvalue weighted by Crippen LogP contribution is -2.30. The minimum Gasteiger partial charge on any atom is -0.353 e. The molecule has 0 aliphatic heterocycles. The van der Waals surface area contributed by atoms with Crippen LogP contribution in [0.4, 0.5) is 0 Å². The first kappa shape index (κ1) is 21.4. The molecule has 0 saturated carbocycles. The van der Waals surface area contributed by atoms with Crippen molar-refractivity contribution in [2.75, 3.05) is 19.6 Å². The standard InChI is InChI=1S/C19H30N2O3S/c1-4-7-8-9-16-20-19(22)15-12-17-10-13-18(14-11-17)25(23,24)21(5-2)6-3/h10-15H,4-9,16H2,1-3H3,(H,20,22)/b15-12+. The van der Waals surface area contributed by atoms with Gasteiger partial charge in [0.25, 0.3) is 0 Å². The summed E-state index contributed by atoms with van der Waals surface area (Å²) < 4.78 is 26.2. The van der Waals surface area contributed by atoms with E-state index in [0.717, 1.165) is 18.4 Å². The number of rotatable bonds is 11. The van der Waals surface area contributed by atoms with Crippen LogP contribution in [0.15, 0.2) is 35.2 Å². The molecule has 0 atom stereocenters. The summed E-state index contributed by atoms with van der Waals surface area (Å²) in [6, 6.07) is 6.58. The molecule has 6 heteroatoms. The number of carbonyl (C=O) groups is 1. The maximum atomic E-state index is 12.4. The van der Waals surface area contributed by atoms with E-state index in [4.69, 9.17) is 0 Å². The van der Waals surface area contributed by atoms with E-state index >= 15 is 0 Å². The number of benzene rings is 1. The van der Waals surface area contributed by atoms with Gasteiger partial charge in [-0.25, -0.2) is 8.42 Å². The van der Waals surface area contributed by atoms with E-state index in [1.54, 1.807) is 30.3 Å². The van der Waals surface area contributed by atoms with Crippen molar-refractivity contribution in [3.05, 3.63) is 35.9 Å². The molecule has 0 unspecified atom stereocenters. The fourth-order valence-electron chi connectivity index (χ4n) is 2.46. The maximum Gasteiger partial charge on any atom is 0.243 e. The van der Waals surface area contributed by atoms with Gasteiger partial charge in [0, 0.05) is 25.7 Å². The van der Waals surface area contributed by atoms with Gasteiger partial charge in [-0.1, -0.05) is 52.2 Å². The molecule has 0 heterocycles. The number of carbonyl (C=O) groups excluding carboxylic acids is 1. The number of nitrogens with zero attached hydrogens (tertiary/aromatic N) is 1. The van der Waals surface area contributed by atoms with E-state index in [0.29, 0.717) is 19.6 Å². The zero-order valence-electron chi connectivity index (χ0n) is 15.5. The third-order valence-corrected chi connectivity index (χ3v) is 6.04. The highest BCUT2D eigenvalue weighted by molar-refractivity contribution is 7.89. The molecule has 0 fully saturated rings. The molecule has 1 rings (SSSR count). The van der Waals surface area contributed by atoms with Gasteiger partial charge in [-0.3, -0.25) is 4.79 Å². The zero-order chi connectivity index (χ0) is 18.7. The van der Waals surface area contributed by atoms with Crippen LogP contribution < -0.4 is 5.32 Å². The molecule has 1 N–H and O–H groups in total. The summed E-state index contributed by atoms with van der Waals surface area (Å²) in [6.45, 7) is 7.36. The first-order valence-electron chi connectivity index (χ1n) is 9.01. The van der Waals surface area contributed by atoms with E-state index in [1.165, 1.54) is 23.2 Å². The highest BCUT2D eigenvalue weighted by Crippen LogP contribution is 2.16. The molecular formula is C19H30N2O3S. The third-order valence-electron chi connectivity index (χ3n) is 3.98. The largest absolute Gasteiger partial charge is 0.353 e. The summed E-state index contributed by atoms with van der Waals surface area (Å²) in [6.07, 6.45) is 7.65. The van der Waals surface area contributed by atoms with Crippen molar-refractivity contribution in [1.29, 1.82) is 0 Å². The van der Waals surface area contributed by atoms with Gasteiger partial charge in [0.2, 0.25) is 15.9 Å². The molecule has 1 aromatic carbocycles. The Morgan fingerprint density at radius 1 is 1.04 bits per heavy atom. The first-order valence-corrected chi connectivity index (χ1v) is 10.5. The SMILES string of the molecule is CCCCCCNC(=O)/C=C/c1ccc(S(=O)(=O)N(CC)CC)cc1. The highest BCUT2D eigenvalue weighted by atomic mass is 32.2. The molecule has 1 aromatic rings. The van der Waals surface area contributed by atoms with E-state index < -0.39 is 10.0 Å². The van der Waals surface area contributed by atoms with Crippen LogP contribution in [-0.2, 0) is 14.8 Å². The fraction of sp³-hybridized carbons (Fsp3) is 0.526. The van der Waals surface area contributed by atoms with Crippen molar-refractivity contribution in [2.45, 2.75) is 51.3 Å². The van der Waals surface area contributed by atoms with Gasteiger partial charge < -0.3 is 5.32 Å². The van der Waals surface area contributed by atoms with Crippen LogP contribution in [0.1, 0.15) is 52.0 Å². The fourth-order valence-corrected chi connectivity index (χ4v) is 3.92. The monoisotopic (exact) mass is 366 g/mol. The van der Waals surface area contributed by atoms with Gasteiger partial charge >= 0.3 is 0 Å². The van der Waals surface area contributed by atoms with Crippen molar-refractivity contribution < 1.29 is 13.2 Å². The Morgan fingerprint density at radius 2 is 1.68 bits per heavy atom. The Kier molecular flexibility index (Phi) is 9.45. The topological polar surface area (TPSA) is 66.5 Å². The average molecular weight is 367 g/mol. The van der Waals surface area contributed by atoms with Crippen molar-refractivity contribution >= 4 is 22.0 Å². The molecule has 0 saturated heterocycles. The summed E-state index contributed by atoms with van der Waals surface area (Å²) >= 11 is 0. The summed E-state index contributed by atoms with van der Waals surface area (Å²) in [5.74, 6) is -0.128. The minimum absolute atomic E-state index is 0.128. The van der Waals surface area contributed by atoms with Crippen molar-refractivity contribution in [2.24, 2.45) is 0 Å². The van der Waals surface area contributed by atoms with E-state index in [2.05, 4.69) is 12.2 Å². The van der Waals surface area contributed by atoms with Gasteiger partial charge in [-0.05, 0) is 30.2 Å². The Morgan fingerprint density at radius 3 is 2.24 bits per heavy atom. The number of sulfonamides is 1. The number of hydrogen-bond donors (Lipinski definition) is 1. The van der Waals surface area contributed by atoms with Crippen molar-refractivity contribution in [3.63, 3.8) is 0 Å². The van der Waals surface area contributed by atoms with E-state index in [9.17, 15) is 13.2 Å². The number of amides is 1.